The van der Waals surface area contributed by atoms with Crippen molar-refractivity contribution in [1.82, 2.24) is 5.32 Å². The van der Waals surface area contributed by atoms with E-state index in [0.29, 0.717) is 6.17 Å². The molecular weight excluding hydrogens is 343 g/mol. The predicted molar refractivity (Wildman–Crippen MR) is 39.9 cm³/mol. The summed E-state index contributed by atoms with van der Waals surface area (Å²) in [5.41, 5.74) is 5.42. The van der Waals surface area contributed by atoms with Gasteiger partial charge in [0, 0.05) is 21.1 Å². The molecule has 0 saturated carbocycles. The van der Waals surface area contributed by atoms with E-state index >= 15 is 0 Å². The Morgan fingerprint density at radius 2 is 2.17 bits per heavy atom. The minimum absolute atomic E-state index is 0. The number of carbonyl (C=O) groups is 1. The summed E-state index contributed by atoms with van der Waals surface area (Å²) < 4.78 is 0. The molecule has 0 bridgehead atoms. The largest absolute Gasteiger partial charge is 0.480 e. The molecule has 1 saturated heterocycles. The van der Waals surface area contributed by atoms with Gasteiger partial charge in [-0.1, -0.05) is 0 Å². The zero-order valence-electron chi connectivity index (χ0n) is 6.60. The fraction of sp³-hybridized carbons (Fsp3) is 0.833. The first-order valence-electron chi connectivity index (χ1n) is 3.48. The molecule has 0 aliphatic carbocycles. The monoisotopic (exact) mass is 357 g/mol. The summed E-state index contributed by atoms with van der Waals surface area (Å²) in [7, 11) is 0. The van der Waals surface area contributed by atoms with Crippen molar-refractivity contribution in [3.8, 4) is 0 Å². The van der Waals surface area contributed by atoms with Crippen molar-refractivity contribution in [2.45, 2.75) is 19.0 Å². The van der Waals surface area contributed by atoms with Gasteiger partial charge in [0.1, 0.15) is 6.61 Å². The van der Waals surface area contributed by atoms with E-state index in [1.54, 1.807) is 0 Å². The number of hydrogen-bond donors (Lipinski definition) is 4. The molecule has 0 aromatic heterocycles. The molecule has 12 heavy (non-hydrogen) atoms. The molecule has 1 heterocycles. The van der Waals surface area contributed by atoms with Crippen molar-refractivity contribution in [1.29, 1.82) is 0 Å². The Labute approximate surface area is 85.6 Å². The summed E-state index contributed by atoms with van der Waals surface area (Å²) in [4.78, 5) is 9.12. The SMILES string of the molecule is N[C@@H]1CCCN1.O=C(O)CO.[Pt]. The van der Waals surface area contributed by atoms with Gasteiger partial charge in [-0.05, 0) is 19.4 Å². The van der Waals surface area contributed by atoms with Crippen molar-refractivity contribution in [2.75, 3.05) is 13.2 Å². The van der Waals surface area contributed by atoms with E-state index in [1.807, 2.05) is 0 Å². The van der Waals surface area contributed by atoms with Gasteiger partial charge in [0.05, 0.1) is 6.17 Å². The fourth-order valence-corrected chi connectivity index (χ4v) is 0.711. The van der Waals surface area contributed by atoms with Crippen LogP contribution in [0.2, 0.25) is 0 Å². The number of aliphatic hydroxyl groups excluding tert-OH is 1. The third-order valence-corrected chi connectivity index (χ3v) is 1.23. The Morgan fingerprint density at radius 3 is 2.25 bits per heavy atom. The van der Waals surface area contributed by atoms with Gasteiger partial charge < -0.3 is 21.3 Å². The van der Waals surface area contributed by atoms with Crippen LogP contribution >= 0.6 is 0 Å². The van der Waals surface area contributed by atoms with Crippen molar-refractivity contribution in [3.63, 3.8) is 0 Å². The second-order valence-electron chi connectivity index (χ2n) is 2.25. The van der Waals surface area contributed by atoms with Gasteiger partial charge in [0.15, 0.2) is 0 Å². The molecule has 0 amide bonds. The van der Waals surface area contributed by atoms with Gasteiger partial charge in [-0.25, -0.2) is 4.79 Å². The van der Waals surface area contributed by atoms with Crippen LogP contribution in [0.25, 0.3) is 0 Å². The normalized spacial score (nSPS) is 20.3. The van der Waals surface area contributed by atoms with E-state index < -0.39 is 12.6 Å². The topological polar surface area (TPSA) is 95.6 Å². The zero-order chi connectivity index (χ0) is 8.69. The molecule has 1 aliphatic heterocycles. The average Bonchev–Trinajstić information content (AvgIpc) is 2.41. The Morgan fingerprint density at radius 1 is 1.67 bits per heavy atom. The fourth-order valence-electron chi connectivity index (χ4n) is 0.711. The molecule has 5 N–H and O–H groups in total. The summed E-state index contributed by atoms with van der Waals surface area (Å²) in [6, 6.07) is 0. The van der Waals surface area contributed by atoms with E-state index in [2.05, 4.69) is 5.32 Å². The van der Waals surface area contributed by atoms with Gasteiger partial charge in [0.25, 0.3) is 0 Å². The molecule has 1 atom stereocenters. The van der Waals surface area contributed by atoms with Gasteiger partial charge >= 0.3 is 5.97 Å². The minimum Gasteiger partial charge on any atom is -0.480 e. The van der Waals surface area contributed by atoms with E-state index in [9.17, 15) is 0 Å². The molecule has 0 radical (unpaired) electrons. The number of rotatable bonds is 1. The third kappa shape index (κ3) is 10.0. The number of carboxylic acids is 1. The Balaban J connectivity index is 0. The van der Waals surface area contributed by atoms with Crippen LogP contribution in [-0.2, 0) is 25.9 Å². The number of hydrogen-bond acceptors (Lipinski definition) is 4. The number of aliphatic hydroxyl groups is 1. The summed E-state index contributed by atoms with van der Waals surface area (Å²) in [6.45, 7) is 0.334. The average molecular weight is 357 g/mol. The summed E-state index contributed by atoms with van der Waals surface area (Å²) >= 11 is 0. The summed E-state index contributed by atoms with van der Waals surface area (Å²) in [5.74, 6) is -1.19. The summed E-state index contributed by atoms with van der Waals surface area (Å²) in [5, 5.41) is 18.1. The molecule has 0 aromatic rings. The number of nitrogens with two attached hydrogens (primary N) is 1. The van der Waals surface area contributed by atoms with Crippen molar-refractivity contribution in [3.05, 3.63) is 0 Å². The van der Waals surface area contributed by atoms with Gasteiger partial charge in [-0.15, -0.1) is 0 Å². The molecule has 0 aromatic carbocycles. The van der Waals surface area contributed by atoms with Crippen LogP contribution < -0.4 is 11.1 Å². The van der Waals surface area contributed by atoms with Gasteiger partial charge in [-0.2, -0.15) is 0 Å². The molecule has 1 aliphatic rings. The van der Waals surface area contributed by atoms with Gasteiger partial charge in [0.2, 0.25) is 0 Å². The van der Waals surface area contributed by atoms with Crippen LogP contribution in [0.4, 0.5) is 0 Å². The van der Waals surface area contributed by atoms with E-state index in [-0.39, 0.29) is 21.1 Å². The Hall–Kier alpha value is 0.0383. The number of nitrogens with one attached hydrogen (secondary N) is 1. The standard InChI is InChI=1S/C4H10N2.C2H4O3.Pt/c5-4-2-1-3-6-4;3-1-2(4)5;/h4,6H,1-3,5H2;3H,1H2,(H,4,5);/t4-;;/m0../s1. The minimum atomic E-state index is -1.19. The maximum atomic E-state index is 9.12. The van der Waals surface area contributed by atoms with E-state index in [1.165, 1.54) is 6.42 Å². The smallest absolute Gasteiger partial charge is 0.329 e. The molecule has 6 heteroatoms. The maximum Gasteiger partial charge on any atom is 0.329 e. The molecule has 5 nitrogen and oxygen atoms in total. The number of carboxylic acid groups (broad SMARTS) is 1. The van der Waals surface area contributed by atoms with Gasteiger partial charge in [-0.3, -0.25) is 0 Å². The van der Waals surface area contributed by atoms with Crippen LogP contribution in [0, 0.1) is 0 Å². The van der Waals surface area contributed by atoms with Crippen LogP contribution in [0.1, 0.15) is 12.8 Å². The molecule has 1 rings (SSSR count). The zero-order valence-corrected chi connectivity index (χ0v) is 8.87. The van der Waals surface area contributed by atoms with Crippen molar-refractivity contribution < 1.29 is 36.1 Å². The van der Waals surface area contributed by atoms with Crippen molar-refractivity contribution >= 4 is 5.97 Å². The molecule has 0 spiro atoms. The molecule has 1 fully saturated rings. The van der Waals surface area contributed by atoms with Crippen molar-refractivity contribution in [2.24, 2.45) is 5.73 Å². The second-order valence-corrected chi connectivity index (χ2v) is 2.25. The first-order valence-corrected chi connectivity index (χ1v) is 3.48. The number of aliphatic carboxylic acids is 1. The first-order chi connectivity index (χ1) is 5.16. The Bertz CT molecular complexity index is 117. The molecule has 0 unspecified atom stereocenters. The second kappa shape index (κ2) is 9.13. The van der Waals surface area contributed by atoms with Crippen LogP contribution in [0.3, 0.4) is 0 Å². The van der Waals surface area contributed by atoms with E-state index in [0.717, 1.165) is 13.0 Å². The van der Waals surface area contributed by atoms with Crippen LogP contribution in [0.15, 0.2) is 0 Å². The quantitative estimate of drug-likeness (QED) is 0.469. The third-order valence-electron chi connectivity index (χ3n) is 1.23. The maximum absolute atomic E-state index is 9.12. The first kappa shape index (κ1) is 14.6. The van der Waals surface area contributed by atoms with Crippen LogP contribution in [0.5, 0.6) is 0 Å². The van der Waals surface area contributed by atoms with E-state index in [4.69, 9.17) is 20.7 Å². The Kier molecular flexibility index (Phi) is 11.1. The molecule has 76 valence electrons. The summed E-state index contributed by atoms with van der Waals surface area (Å²) in [6.07, 6.45) is 2.70. The molecular formula is C6H14N2O3Pt. The van der Waals surface area contributed by atoms with Crippen LogP contribution in [-0.4, -0.2) is 35.5 Å². The predicted octanol–water partition coefficient (Wildman–Crippen LogP) is -1.28.